The van der Waals surface area contributed by atoms with Crippen molar-refractivity contribution in [2.75, 3.05) is 39.5 Å². The van der Waals surface area contributed by atoms with Crippen molar-refractivity contribution < 1.29 is 19.9 Å². The molecule has 0 aromatic heterocycles. The zero-order valence-corrected chi connectivity index (χ0v) is 17.9. The molecular weight excluding hydrogens is 396 g/mol. The summed E-state index contributed by atoms with van der Waals surface area (Å²) in [6.45, 7) is 3.05. The number of non-ortho nitro benzene ring substituents is 1. The zero-order chi connectivity index (χ0) is 22.3. The van der Waals surface area contributed by atoms with Crippen LogP contribution < -0.4 is 4.74 Å². The number of unbranched alkanes of at least 4 members (excludes halogenated alkanes) is 3. The van der Waals surface area contributed by atoms with E-state index in [-0.39, 0.29) is 18.9 Å². The van der Waals surface area contributed by atoms with Crippen LogP contribution in [0.15, 0.2) is 48.5 Å². The van der Waals surface area contributed by atoms with Gasteiger partial charge in [-0.05, 0) is 54.8 Å². The maximum atomic E-state index is 10.7. The summed E-state index contributed by atoms with van der Waals surface area (Å²) in [6, 6.07) is 14.3. The molecule has 0 amide bonds. The summed E-state index contributed by atoms with van der Waals surface area (Å²) in [5.41, 5.74) is 2.02. The van der Waals surface area contributed by atoms with E-state index >= 15 is 0 Å². The van der Waals surface area contributed by atoms with Gasteiger partial charge in [0.05, 0.1) is 24.7 Å². The van der Waals surface area contributed by atoms with Crippen molar-refractivity contribution in [3.05, 3.63) is 69.8 Å². The first-order chi connectivity index (χ1) is 15.1. The highest BCUT2D eigenvalue weighted by Crippen LogP contribution is 2.17. The van der Waals surface area contributed by atoms with Crippen LogP contribution in [0, 0.1) is 10.1 Å². The summed E-state index contributed by atoms with van der Waals surface area (Å²) in [4.78, 5) is 12.4. The molecule has 2 aromatic rings. The monoisotopic (exact) mass is 428 g/mol. The smallest absolute Gasteiger partial charge is 0.269 e. The van der Waals surface area contributed by atoms with Crippen LogP contribution in [0.3, 0.4) is 0 Å². The van der Waals surface area contributed by atoms with Crippen LogP contribution in [-0.4, -0.2) is 59.5 Å². The van der Waals surface area contributed by atoms with Gasteiger partial charge in [-0.3, -0.25) is 15.0 Å². The van der Waals surface area contributed by atoms with Crippen molar-refractivity contribution >= 4 is 17.8 Å². The predicted octanol–water partition coefficient (Wildman–Crippen LogP) is 3.99. The van der Waals surface area contributed by atoms with E-state index in [0.717, 1.165) is 49.1 Å². The molecule has 0 bridgehead atoms. The third-order valence-electron chi connectivity index (χ3n) is 4.92. The van der Waals surface area contributed by atoms with E-state index in [1.54, 1.807) is 12.1 Å². The Morgan fingerprint density at radius 2 is 1.35 bits per heavy atom. The van der Waals surface area contributed by atoms with Gasteiger partial charge in [-0.25, -0.2) is 0 Å². The first-order valence-electron chi connectivity index (χ1n) is 10.7. The molecule has 7 heteroatoms. The Morgan fingerprint density at radius 3 is 1.90 bits per heavy atom. The number of hydrogen-bond acceptors (Lipinski definition) is 6. The van der Waals surface area contributed by atoms with E-state index in [4.69, 9.17) is 14.9 Å². The Bertz CT molecular complexity index is 785. The molecule has 31 heavy (non-hydrogen) atoms. The lowest BCUT2D eigenvalue weighted by molar-refractivity contribution is -0.384. The van der Waals surface area contributed by atoms with Gasteiger partial charge in [0.15, 0.2) is 0 Å². The molecule has 0 fully saturated rings. The van der Waals surface area contributed by atoms with Gasteiger partial charge in [0.25, 0.3) is 5.69 Å². The molecule has 0 atom stereocenters. The van der Waals surface area contributed by atoms with Gasteiger partial charge in [0, 0.05) is 25.2 Å². The molecule has 0 unspecified atom stereocenters. The van der Waals surface area contributed by atoms with Crippen molar-refractivity contribution in [2.24, 2.45) is 0 Å². The number of nitro benzene ring substituents is 1. The molecule has 2 rings (SSSR count). The number of hydrogen-bond donors (Lipinski definition) is 2. The number of aliphatic hydroxyl groups is 2. The van der Waals surface area contributed by atoms with Crippen molar-refractivity contribution in [1.29, 1.82) is 0 Å². The molecule has 0 aliphatic rings. The van der Waals surface area contributed by atoms with Crippen LogP contribution in [0.5, 0.6) is 5.75 Å². The fourth-order valence-corrected chi connectivity index (χ4v) is 3.17. The molecule has 0 radical (unpaired) electrons. The number of benzene rings is 2. The average Bonchev–Trinajstić information content (AvgIpc) is 2.78. The van der Waals surface area contributed by atoms with E-state index < -0.39 is 4.92 Å². The van der Waals surface area contributed by atoms with Crippen LogP contribution in [0.25, 0.3) is 12.2 Å². The second-order valence-electron chi connectivity index (χ2n) is 7.30. The van der Waals surface area contributed by atoms with E-state index in [1.165, 1.54) is 12.1 Å². The highest BCUT2D eigenvalue weighted by molar-refractivity contribution is 5.70. The molecule has 0 aliphatic carbocycles. The molecule has 0 saturated carbocycles. The third-order valence-corrected chi connectivity index (χ3v) is 4.92. The zero-order valence-electron chi connectivity index (χ0n) is 17.9. The van der Waals surface area contributed by atoms with Gasteiger partial charge in [0.2, 0.25) is 0 Å². The maximum Gasteiger partial charge on any atom is 0.269 e. The van der Waals surface area contributed by atoms with Gasteiger partial charge < -0.3 is 14.9 Å². The first kappa shape index (κ1) is 24.5. The summed E-state index contributed by atoms with van der Waals surface area (Å²) in [5.74, 6) is 0.838. The first-order valence-corrected chi connectivity index (χ1v) is 10.7. The standard InChI is InChI=1S/C24H32N2O5/c27-18-16-25(17-19-28)15-3-1-2-4-20-31-24-13-9-22(10-14-24)6-5-21-7-11-23(12-8-21)26(29)30/h5-14,27-28H,1-4,15-20H2/b6-5+. The van der Waals surface area contributed by atoms with Crippen LogP contribution in [0.2, 0.25) is 0 Å². The Labute approximate surface area is 183 Å². The number of ether oxygens (including phenoxy) is 1. The van der Waals surface area contributed by atoms with Crippen molar-refractivity contribution in [1.82, 2.24) is 4.90 Å². The van der Waals surface area contributed by atoms with Gasteiger partial charge in [-0.1, -0.05) is 37.1 Å². The maximum absolute atomic E-state index is 10.7. The van der Waals surface area contributed by atoms with Crippen molar-refractivity contribution in [3.63, 3.8) is 0 Å². The van der Waals surface area contributed by atoms with Crippen molar-refractivity contribution in [2.45, 2.75) is 25.7 Å². The minimum absolute atomic E-state index is 0.0871. The predicted molar refractivity (Wildman–Crippen MR) is 123 cm³/mol. The molecule has 168 valence electrons. The van der Waals surface area contributed by atoms with Crippen molar-refractivity contribution in [3.8, 4) is 5.75 Å². The third kappa shape index (κ3) is 9.74. The molecule has 0 spiro atoms. The van der Waals surface area contributed by atoms with E-state index in [0.29, 0.717) is 19.7 Å². The van der Waals surface area contributed by atoms with Crippen LogP contribution in [-0.2, 0) is 0 Å². The molecule has 2 aromatic carbocycles. The number of nitrogens with zero attached hydrogens (tertiary/aromatic N) is 2. The minimum Gasteiger partial charge on any atom is -0.494 e. The summed E-state index contributed by atoms with van der Waals surface area (Å²) >= 11 is 0. The molecule has 7 nitrogen and oxygen atoms in total. The second-order valence-corrected chi connectivity index (χ2v) is 7.30. The largest absolute Gasteiger partial charge is 0.494 e. The molecule has 0 heterocycles. The summed E-state index contributed by atoms with van der Waals surface area (Å²) in [6.07, 6.45) is 8.10. The highest BCUT2D eigenvalue weighted by atomic mass is 16.6. The normalized spacial score (nSPS) is 11.3. The fraction of sp³-hybridized carbons (Fsp3) is 0.417. The fourth-order valence-electron chi connectivity index (χ4n) is 3.17. The minimum atomic E-state index is -0.405. The van der Waals surface area contributed by atoms with Crippen LogP contribution >= 0.6 is 0 Å². The van der Waals surface area contributed by atoms with Gasteiger partial charge in [-0.2, -0.15) is 0 Å². The lowest BCUT2D eigenvalue weighted by atomic mass is 10.1. The van der Waals surface area contributed by atoms with E-state index in [9.17, 15) is 10.1 Å². The molecule has 0 aliphatic heterocycles. The molecule has 2 N–H and O–H groups in total. The lowest BCUT2D eigenvalue weighted by Crippen LogP contribution is -2.30. The SMILES string of the molecule is O=[N+]([O-])c1ccc(/C=C/c2ccc(OCCCCCCN(CCO)CCO)cc2)cc1. The number of nitro groups is 1. The lowest BCUT2D eigenvalue weighted by Gasteiger charge is -2.19. The Morgan fingerprint density at radius 1 is 0.806 bits per heavy atom. The summed E-state index contributed by atoms with van der Waals surface area (Å²) in [5, 5.41) is 28.7. The quantitative estimate of drug-likeness (QED) is 0.193. The van der Waals surface area contributed by atoms with Gasteiger partial charge in [0.1, 0.15) is 5.75 Å². The van der Waals surface area contributed by atoms with E-state index in [2.05, 4.69) is 4.90 Å². The number of aliphatic hydroxyl groups excluding tert-OH is 2. The second kappa shape index (κ2) is 14.3. The highest BCUT2D eigenvalue weighted by Gasteiger charge is 2.03. The number of rotatable bonds is 15. The Kier molecular flexibility index (Phi) is 11.3. The Balaban J connectivity index is 1.64. The van der Waals surface area contributed by atoms with Gasteiger partial charge >= 0.3 is 0 Å². The van der Waals surface area contributed by atoms with E-state index in [1.807, 2.05) is 36.4 Å². The summed E-state index contributed by atoms with van der Waals surface area (Å²) in [7, 11) is 0. The average molecular weight is 429 g/mol. The van der Waals surface area contributed by atoms with Crippen LogP contribution in [0.4, 0.5) is 5.69 Å². The molecular formula is C24H32N2O5. The Hall–Kier alpha value is -2.74. The molecule has 0 saturated heterocycles. The van der Waals surface area contributed by atoms with Crippen LogP contribution in [0.1, 0.15) is 36.8 Å². The topological polar surface area (TPSA) is 96.1 Å². The summed E-state index contributed by atoms with van der Waals surface area (Å²) < 4.78 is 5.80. The van der Waals surface area contributed by atoms with Gasteiger partial charge in [-0.15, -0.1) is 0 Å².